The minimum atomic E-state index is -0.533. The summed E-state index contributed by atoms with van der Waals surface area (Å²) in [5.41, 5.74) is 1.31. The lowest BCUT2D eigenvalue weighted by Gasteiger charge is -2.28. The van der Waals surface area contributed by atoms with Crippen LogP contribution in [0.2, 0.25) is 0 Å². The third-order valence-corrected chi connectivity index (χ3v) is 6.40. The van der Waals surface area contributed by atoms with Crippen molar-refractivity contribution in [2.45, 2.75) is 91.4 Å². The smallest absolute Gasteiger partial charge is 0.321 e. The molecule has 37 heavy (non-hydrogen) atoms. The molecule has 0 saturated heterocycles. The van der Waals surface area contributed by atoms with E-state index in [0.717, 1.165) is 25.7 Å². The number of amides is 3. The molecule has 0 spiro atoms. The Labute approximate surface area is 221 Å². The van der Waals surface area contributed by atoms with Crippen molar-refractivity contribution in [3.8, 4) is 5.75 Å². The zero-order valence-electron chi connectivity index (χ0n) is 23.7. The highest BCUT2D eigenvalue weighted by Gasteiger charge is 2.28. The molecule has 3 N–H and O–H groups in total. The van der Waals surface area contributed by atoms with Crippen LogP contribution in [-0.2, 0) is 10.8 Å². The van der Waals surface area contributed by atoms with Gasteiger partial charge in [0.25, 0.3) is 5.91 Å². The van der Waals surface area contributed by atoms with Gasteiger partial charge in [-0.2, -0.15) is 0 Å². The zero-order chi connectivity index (χ0) is 28.0. The first-order valence-corrected chi connectivity index (χ1v) is 13.2. The fraction of sp³-hybridized carbons (Fsp3) is 0.533. The molecule has 2 aromatic rings. The van der Waals surface area contributed by atoms with Gasteiger partial charge in [-0.1, -0.05) is 74.1 Å². The lowest BCUT2D eigenvalue weighted by molar-refractivity contribution is 0.102. The van der Waals surface area contributed by atoms with Crippen LogP contribution in [-0.4, -0.2) is 35.5 Å². The van der Waals surface area contributed by atoms with E-state index in [9.17, 15) is 19.1 Å². The maximum atomic E-state index is 14.2. The first-order valence-electron chi connectivity index (χ1n) is 13.2. The highest BCUT2D eigenvalue weighted by atomic mass is 19.1. The number of halogens is 1. The van der Waals surface area contributed by atoms with Crippen LogP contribution in [0.4, 0.5) is 20.6 Å². The monoisotopic (exact) mass is 513 g/mol. The number of urea groups is 1. The van der Waals surface area contributed by atoms with E-state index in [1.165, 1.54) is 24.6 Å². The summed E-state index contributed by atoms with van der Waals surface area (Å²) in [6.07, 6.45) is 5.46. The lowest BCUT2D eigenvalue weighted by Crippen LogP contribution is -2.32. The molecule has 0 fully saturated rings. The van der Waals surface area contributed by atoms with E-state index in [2.05, 4.69) is 17.6 Å². The number of nitrogens with zero attached hydrogens (tertiary/aromatic N) is 1. The van der Waals surface area contributed by atoms with Crippen molar-refractivity contribution in [1.82, 2.24) is 4.90 Å². The normalized spacial score (nSPS) is 11.8. The molecule has 204 valence electrons. The molecular formula is C30H44FN3O3. The van der Waals surface area contributed by atoms with Gasteiger partial charge < -0.3 is 20.6 Å². The first kappa shape index (κ1) is 30.1. The Balaban J connectivity index is 2.29. The number of unbranched alkanes of at least 4 members (excludes halogenated alkanes) is 4. The average molecular weight is 514 g/mol. The molecule has 0 bridgehead atoms. The highest BCUT2D eigenvalue weighted by Crippen LogP contribution is 2.40. The van der Waals surface area contributed by atoms with Crippen LogP contribution in [0.5, 0.6) is 5.75 Å². The van der Waals surface area contributed by atoms with E-state index in [0.29, 0.717) is 28.9 Å². The molecule has 3 amide bonds. The number of carbonyl (C=O) groups excluding carboxylic acids is 2. The maximum Gasteiger partial charge on any atom is 0.321 e. The predicted molar refractivity (Wildman–Crippen MR) is 150 cm³/mol. The second-order valence-electron chi connectivity index (χ2n) is 11.8. The molecule has 0 heterocycles. The number of aromatic hydroxyl groups is 1. The van der Waals surface area contributed by atoms with Crippen LogP contribution in [0.1, 0.15) is 102 Å². The quantitative estimate of drug-likeness (QED) is 0.299. The summed E-state index contributed by atoms with van der Waals surface area (Å²) in [6.45, 7) is 14.6. The number of benzene rings is 2. The van der Waals surface area contributed by atoms with Crippen molar-refractivity contribution < 1.29 is 19.1 Å². The molecule has 0 unspecified atom stereocenters. The number of anilines is 2. The molecule has 0 aromatic heterocycles. The highest BCUT2D eigenvalue weighted by molar-refractivity contribution is 6.07. The molecular weight excluding hydrogens is 469 g/mol. The third kappa shape index (κ3) is 8.48. The van der Waals surface area contributed by atoms with Gasteiger partial charge in [0.1, 0.15) is 11.6 Å². The van der Waals surface area contributed by atoms with Crippen LogP contribution in [0.15, 0.2) is 30.3 Å². The molecule has 0 aliphatic rings. The van der Waals surface area contributed by atoms with Gasteiger partial charge in [0.15, 0.2) is 0 Å². The summed E-state index contributed by atoms with van der Waals surface area (Å²) in [7, 11) is 1.72. The predicted octanol–water partition coefficient (Wildman–Crippen LogP) is 7.81. The Morgan fingerprint density at radius 1 is 0.865 bits per heavy atom. The number of hydrogen-bond donors (Lipinski definition) is 3. The van der Waals surface area contributed by atoms with Crippen LogP contribution >= 0.6 is 0 Å². The third-order valence-electron chi connectivity index (χ3n) is 6.40. The summed E-state index contributed by atoms with van der Waals surface area (Å²) in [6, 6.07) is 6.89. The van der Waals surface area contributed by atoms with E-state index >= 15 is 0 Å². The minimum Gasteiger partial charge on any atom is -0.507 e. The average Bonchev–Trinajstić information content (AvgIpc) is 2.79. The van der Waals surface area contributed by atoms with Gasteiger partial charge in [0.2, 0.25) is 0 Å². The second kappa shape index (κ2) is 12.4. The standard InChI is InChI=1S/C30H44FN3O3/c1-9-10-11-12-13-16-34(8)28(37)33-24-15-14-21(31)19-25(24)32-27(36)20-17-22(29(2,3)4)26(35)23(18-20)30(5,6)7/h14-15,17-19,35H,9-13,16H2,1-8H3,(H,32,36)(H,33,37). The molecule has 0 saturated carbocycles. The van der Waals surface area contributed by atoms with Crippen LogP contribution < -0.4 is 10.6 Å². The number of carbonyl (C=O) groups is 2. The summed E-state index contributed by atoms with van der Waals surface area (Å²) in [4.78, 5) is 27.7. The van der Waals surface area contributed by atoms with Crippen LogP contribution in [0.3, 0.4) is 0 Å². The molecule has 7 heteroatoms. The molecule has 0 radical (unpaired) electrons. The summed E-state index contributed by atoms with van der Waals surface area (Å²) >= 11 is 0. The van der Waals surface area contributed by atoms with E-state index < -0.39 is 22.6 Å². The van der Waals surface area contributed by atoms with Gasteiger partial charge in [0.05, 0.1) is 11.4 Å². The Morgan fingerprint density at radius 3 is 1.97 bits per heavy atom. The van der Waals surface area contributed by atoms with Crippen molar-refractivity contribution in [1.29, 1.82) is 0 Å². The van der Waals surface area contributed by atoms with Gasteiger partial charge in [0, 0.05) is 30.3 Å². The molecule has 0 aliphatic heterocycles. The van der Waals surface area contributed by atoms with Crippen molar-refractivity contribution in [2.75, 3.05) is 24.2 Å². The number of phenols is 1. The van der Waals surface area contributed by atoms with Crippen molar-refractivity contribution >= 4 is 23.3 Å². The van der Waals surface area contributed by atoms with E-state index in [-0.39, 0.29) is 17.5 Å². The largest absolute Gasteiger partial charge is 0.507 e. The molecule has 2 rings (SSSR count). The molecule has 0 aliphatic carbocycles. The van der Waals surface area contributed by atoms with Gasteiger partial charge in [-0.3, -0.25) is 4.79 Å². The number of rotatable bonds is 9. The second-order valence-corrected chi connectivity index (χ2v) is 11.8. The fourth-order valence-corrected chi connectivity index (χ4v) is 4.10. The Kier molecular flexibility index (Phi) is 10.1. The van der Waals surface area contributed by atoms with E-state index in [1.807, 2.05) is 41.5 Å². The van der Waals surface area contributed by atoms with Gasteiger partial charge in [-0.25, -0.2) is 9.18 Å². The zero-order valence-corrected chi connectivity index (χ0v) is 23.7. The topological polar surface area (TPSA) is 81.7 Å². The van der Waals surface area contributed by atoms with Crippen molar-refractivity contribution in [3.05, 3.63) is 52.8 Å². The number of phenolic OH excluding ortho intramolecular Hbond substituents is 1. The number of hydrogen-bond acceptors (Lipinski definition) is 3. The molecule has 2 aromatic carbocycles. The Bertz CT molecular complexity index is 1070. The summed E-state index contributed by atoms with van der Waals surface area (Å²) < 4.78 is 14.2. The SMILES string of the molecule is CCCCCCCN(C)C(=O)Nc1ccc(F)cc1NC(=O)c1cc(C(C)(C)C)c(O)c(C(C)(C)C)c1. The maximum absolute atomic E-state index is 14.2. The van der Waals surface area contributed by atoms with E-state index in [4.69, 9.17) is 0 Å². The Hall–Kier alpha value is -3.09. The fourth-order valence-electron chi connectivity index (χ4n) is 4.10. The lowest BCUT2D eigenvalue weighted by atomic mass is 9.78. The van der Waals surface area contributed by atoms with Crippen LogP contribution in [0, 0.1) is 5.82 Å². The first-order chi connectivity index (χ1) is 17.1. The van der Waals surface area contributed by atoms with E-state index in [1.54, 1.807) is 24.1 Å². The summed E-state index contributed by atoms with van der Waals surface area (Å²) in [5.74, 6) is -0.816. The number of nitrogens with one attached hydrogen (secondary N) is 2. The van der Waals surface area contributed by atoms with Gasteiger partial charge >= 0.3 is 6.03 Å². The molecule has 6 nitrogen and oxygen atoms in total. The molecule has 0 atom stereocenters. The Morgan fingerprint density at radius 2 is 1.43 bits per heavy atom. The van der Waals surface area contributed by atoms with Gasteiger partial charge in [-0.05, 0) is 47.6 Å². The van der Waals surface area contributed by atoms with Crippen LogP contribution in [0.25, 0.3) is 0 Å². The van der Waals surface area contributed by atoms with Gasteiger partial charge in [-0.15, -0.1) is 0 Å². The van der Waals surface area contributed by atoms with Crippen molar-refractivity contribution in [2.24, 2.45) is 0 Å². The summed E-state index contributed by atoms with van der Waals surface area (Å²) in [5, 5.41) is 16.5. The van der Waals surface area contributed by atoms with Crippen molar-refractivity contribution in [3.63, 3.8) is 0 Å². The minimum absolute atomic E-state index is 0.164.